The fraction of sp³-hybridized carbons (Fsp3) is 0.333. The van der Waals surface area contributed by atoms with Gasteiger partial charge in [0.05, 0.1) is 0 Å². The summed E-state index contributed by atoms with van der Waals surface area (Å²) in [4.78, 5) is 25.5. The lowest BCUT2D eigenvalue weighted by atomic mass is 9.92. The maximum absolute atomic E-state index is 11.9. The molecule has 0 saturated carbocycles. The maximum atomic E-state index is 11.9. The van der Waals surface area contributed by atoms with Crippen molar-refractivity contribution in [3.8, 4) is 0 Å². The number of carbonyl (C=O) groups is 2. The smallest absolute Gasteiger partial charge is 0.245 e. The molecule has 0 spiro atoms. The van der Waals surface area contributed by atoms with Crippen molar-refractivity contribution in [2.24, 2.45) is 5.73 Å². The molecule has 2 aromatic rings. The zero-order valence-electron chi connectivity index (χ0n) is 12.7. The second-order valence-corrected chi connectivity index (χ2v) is 5.95. The van der Waals surface area contributed by atoms with E-state index in [2.05, 4.69) is 24.3 Å². The molecule has 1 heterocycles. The summed E-state index contributed by atoms with van der Waals surface area (Å²) >= 11 is 0. The molecular formula is C18H20N2O2. The molecule has 1 unspecified atom stereocenters. The molecule has 4 nitrogen and oxygen atoms in total. The Kier molecular flexibility index (Phi) is 3.71. The second kappa shape index (κ2) is 5.54. The summed E-state index contributed by atoms with van der Waals surface area (Å²) in [5.41, 5.74) is 5.50. The van der Waals surface area contributed by atoms with Crippen molar-refractivity contribution < 1.29 is 9.59 Å². The molecule has 0 radical (unpaired) electrons. The van der Waals surface area contributed by atoms with Crippen molar-refractivity contribution in [3.05, 3.63) is 48.0 Å². The normalized spacial score (nSPS) is 23.5. The van der Waals surface area contributed by atoms with Crippen molar-refractivity contribution in [3.63, 3.8) is 0 Å². The van der Waals surface area contributed by atoms with Gasteiger partial charge < -0.3 is 10.5 Å². The van der Waals surface area contributed by atoms with Gasteiger partial charge in [-0.2, -0.15) is 0 Å². The van der Waals surface area contributed by atoms with Gasteiger partial charge in [0.25, 0.3) is 0 Å². The van der Waals surface area contributed by atoms with Gasteiger partial charge in [-0.05, 0) is 36.1 Å². The van der Waals surface area contributed by atoms with Crippen LogP contribution in [-0.2, 0) is 9.59 Å². The predicted molar refractivity (Wildman–Crippen MR) is 86.3 cm³/mol. The number of benzene rings is 2. The van der Waals surface area contributed by atoms with Crippen LogP contribution in [0.5, 0.6) is 0 Å². The van der Waals surface area contributed by atoms with Crippen LogP contribution in [0.25, 0.3) is 10.8 Å². The monoisotopic (exact) mass is 296 g/mol. The average molecular weight is 296 g/mol. The number of carbonyl (C=O) groups excluding carboxylic acids is 2. The van der Waals surface area contributed by atoms with Crippen LogP contribution in [0.4, 0.5) is 0 Å². The van der Waals surface area contributed by atoms with E-state index in [4.69, 9.17) is 5.73 Å². The topological polar surface area (TPSA) is 63.4 Å². The summed E-state index contributed by atoms with van der Waals surface area (Å²) < 4.78 is 0. The van der Waals surface area contributed by atoms with Crippen LogP contribution in [0.3, 0.4) is 0 Å². The summed E-state index contributed by atoms with van der Waals surface area (Å²) in [7, 11) is 0. The van der Waals surface area contributed by atoms with E-state index in [9.17, 15) is 9.59 Å². The first-order valence-corrected chi connectivity index (χ1v) is 7.61. The van der Waals surface area contributed by atoms with E-state index in [1.807, 2.05) is 30.0 Å². The highest BCUT2D eigenvalue weighted by Gasteiger charge is 2.48. The molecule has 22 heavy (non-hydrogen) atoms. The van der Waals surface area contributed by atoms with Crippen molar-refractivity contribution in [1.82, 2.24) is 4.90 Å². The minimum absolute atomic E-state index is 0.0497. The minimum atomic E-state index is -1.17. The number of rotatable bonds is 4. The van der Waals surface area contributed by atoms with E-state index >= 15 is 0 Å². The number of fused-ring (bicyclic) bond motifs is 1. The van der Waals surface area contributed by atoms with Crippen LogP contribution in [0, 0.1) is 0 Å². The highest BCUT2D eigenvalue weighted by atomic mass is 16.2. The van der Waals surface area contributed by atoms with Gasteiger partial charge in [-0.1, -0.05) is 42.5 Å². The molecule has 114 valence electrons. The van der Waals surface area contributed by atoms with Crippen LogP contribution in [0.2, 0.25) is 0 Å². The Morgan fingerprint density at radius 1 is 1.27 bits per heavy atom. The molecular weight excluding hydrogens is 276 g/mol. The summed E-state index contributed by atoms with van der Waals surface area (Å²) in [6.45, 7) is 2.74. The quantitative estimate of drug-likeness (QED) is 0.696. The lowest BCUT2D eigenvalue weighted by molar-refractivity contribution is -0.136. The van der Waals surface area contributed by atoms with Gasteiger partial charge in [0.1, 0.15) is 6.29 Å². The molecule has 1 fully saturated rings. The molecule has 4 heteroatoms. The highest BCUT2D eigenvalue weighted by Crippen LogP contribution is 2.37. The number of hydrogen-bond donors (Lipinski definition) is 1. The average Bonchev–Trinajstić information content (AvgIpc) is 2.99. The molecule has 0 bridgehead atoms. The molecule has 2 aromatic carbocycles. The Morgan fingerprint density at radius 3 is 2.73 bits per heavy atom. The first-order chi connectivity index (χ1) is 10.6. The fourth-order valence-electron chi connectivity index (χ4n) is 3.63. The Hall–Kier alpha value is -2.20. The van der Waals surface area contributed by atoms with Crippen molar-refractivity contribution in [2.75, 3.05) is 6.54 Å². The minimum Gasteiger partial charge on any atom is -0.368 e. The third kappa shape index (κ3) is 2.11. The first kappa shape index (κ1) is 14.7. The lowest BCUT2D eigenvalue weighted by Crippen LogP contribution is -2.55. The Morgan fingerprint density at radius 2 is 2.00 bits per heavy atom. The first-order valence-electron chi connectivity index (χ1n) is 7.61. The third-order valence-electron chi connectivity index (χ3n) is 4.83. The molecule has 0 aliphatic carbocycles. The molecule has 1 amide bonds. The number of hydrogen-bond acceptors (Lipinski definition) is 3. The van der Waals surface area contributed by atoms with Gasteiger partial charge in [-0.15, -0.1) is 0 Å². The van der Waals surface area contributed by atoms with E-state index in [0.717, 1.165) is 29.0 Å². The Labute approximate surface area is 129 Å². The van der Waals surface area contributed by atoms with Gasteiger partial charge in [-0.3, -0.25) is 9.69 Å². The summed E-state index contributed by atoms with van der Waals surface area (Å²) in [5.74, 6) is -0.549. The largest absolute Gasteiger partial charge is 0.368 e. The predicted octanol–water partition coefficient (Wildman–Crippen LogP) is 2.42. The van der Waals surface area contributed by atoms with E-state index in [0.29, 0.717) is 13.0 Å². The number of primary amides is 1. The SMILES string of the molecule is C[C@@H](c1cccc2ccccc12)N1CCCC1(C=O)C(N)=O. The number of nitrogens with two attached hydrogens (primary N) is 1. The second-order valence-electron chi connectivity index (χ2n) is 5.95. The van der Waals surface area contributed by atoms with E-state index in [1.54, 1.807) is 0 Å². The van der Waals surface area contributed by atoms with Crippen LogP contribution in [-0.4, -0.2) is 29.2 Å². The lowest BCUT2D eigenvalue weighted by Gasteiger charge is -2.36. The van der Waals surface area contributed by atoms with Gasteiger partial charge in [0, 0.05) is 12.6 Å². The van der Waals surface area contributed by atoms with Crippen molar-refractivity contribution in [2.45, 2.75) is 31.3 Å². The maximum Gasteiger partial charge on any atom is 0.245 e. The van der Waals surface area contributed by atoms with E-state index in [-0.39, 0.29) is 6.04 Å². The third-order valence-corrected chi connectivity index (χ3v) is 4.83. The van der Waals surface area contributed by atoms with Gasteiger partial charge >= 0.3 is 0 Å². The number of amides is 1. The van der Waals surface area contributed by atoms with Crippen molar-refractivity contribution >= 4 is 23.0 Å². The van der Waals surface area contributed by atoms with Crippen LogP contribution < -0.4 is 5.73 Å². The summed E-state index contributed by atoms with van der Waals surface area (Å²) in [6.07, 6.45) is 2.03. The Bertz CT molecular complexity index is 723. The molecule has 1 aliphatic rings. The fourth-order valence-corrected chi connectivity index (χ4v) is 3.63. The molecule has 3 rings (SSSR count). The number of likely N-dealkylation sites (tertiary alicyclic amines) is 1. The number of nitrogens with zero attached hydrogens (tertiary/aromatic N) is 1. The molecule has 1 saturated heterocycles. The number of aldehydes is 1. The molecule has 1 aliphatic heterocycles. The van der Waals surface area contributed by atoms with E-state index in [1.165, 1.54) is 0 Å². The Balaban J connectivity index is 2.07. The highest BCUT2D eigenvalue weighted by molar-refractivity contribution is 6.01. The molecule has 2 atom stereocenters. The zero-order chi connectivity index (χ0) is 15.7. The van der Waals surface area contributed by atoms with Gasteiger partial charge in [-0.25, -0.2) is 0 Å². The van der Waals surface area contributed by atoms with E-state index < -0.39 is 11.4 Å². The van der Waals surface area contributed by atoms with Crippen molar-refractivity contribution in [1.29, 1.82) is 0 Å². The molecule has 2 N–H and O–H groups in total. The van der Waals surface area contributed by atoms with Gasteiger partial charge in [0.2, 0.25) is 5.91 Å². The summed E-state index contributed by atoms with van der Waals surface area (Å²) in [5, 5.41) is 2.30. The zero-order valence-corrected chi connectivity index (χ0v) is 12.7. The van der Waals surface area contributed by atoms with Gasteiger partial charge in [0.15, 0.2) is 5.54 Å². The van der Waals surface area contributed by atoms with Crippen LogP contribution in [0.15, 0.2) is 42.5 Å². The summed E-state index contributed by atoms with van der Waals surface area (Å²) in [6, 6.07) is 14.2. The van der Waals surface area contributed by atoms with Crippen LogP contribution in [0.1, 0.15) is 31.4 Å². The molecule has 0 aromatic heterocycles. The van der Waals surface area contributed by atoms with Crippen LogP contribution >= 0.6 is 0 Å². The standard InChI is InChI=1S/C18H20N2O2/c1-13(20-11-5-10-18(20,12-21)17(19)22)15-9-4-7-14-6-2-3-8-16(14)15/h2-4,6-9,12-13H,5,10-11H2,1H3,(H2,19,22)/t13-,18?/m0/s1.